The Bertz CT molecular complexity index is 367. The lowest BCUT2D eigenvalue weighted by Gasteiger charge is -2.10. The molecule has 0 aromatic carbocycles. The number of nitrogen functional groups attached to an aromatic ring is 1. The first-order valence-electron chi connectivity index (χ1n) is 4.44. The number of amides is 1. The zero-order valence-corrected chi connectivity index (χ0v) is 8.40. The summed E-state index contributed by atoms with van der Waals surface area (Å²) < 4.78 is 0. The summed E-state index contributed by atoms with van der Waals surface area (Å²) in [6, 6.07) is 1.74. The van der Waals surface area contributed by atoms with Crippen LogP contribution >= 0.6 is 0 Å². The second-order valence-corrected chi connectivity index (χ2v) is 3.25. The average molecular weight is 210 g/mol. The largest absolute Gasteiger partial charge is 0.396 e. The van der Waals surface area contributed by atoms with Crippen molar-refractivity contribution in [2.24, 2.45) is 5.73 Å². The zero-order valence-electron chi connectivity index (χ0n) is 8.40. The molecule has 1 aromatic rings. The van der Waals surface area contributed by atoms with Gasteiger partial charge in [-0.25, -0.2) is 4.98 Å². The van der Waals surface area contributed by atoms with Crippen LogP contribution in [-0.2, 0) is 4.79 Å². The van der Waals surface area contributed by atoms with Gasteiger partial charge in [0.2, 0.25) is 5.91 Å². The lowest BCUT2D eigenvalue weighted by Crippen LogP contribution is -2.34. The second kappa shape index (κ2) is 4.61. The number of aryl methyl sites for hydroxylation is 1. The number of pyridine rings is 1. The van der Waals surface area contributed by atoms with Crippen LogP contribution in [0.5, 0.6) is 0 Å². The summed E-state index contributed by atoms with van der Waals surface area (Å²) in [6.07, 6.45) is 0.391. The van der Waals surface area contributed by atoms with Crippen molar-refractivity contribution in [1.82, 2.24) is 4.98 Å². The number of carbonyl (C=O) groups excluding carboxylic acids is 1. The van der Waals surface area contributed by atoms with Crippen LogP contribution in [0.4, 0.5) is 11.5 Å². The highest BCUT2D eigenvalue weighted by molar-refractivity contribution is 5.79. The predicted octanol–water partition coefficient (Wildman–Crippen LogP) is -0.770. The summed E-state index contributed by atoms with van der Waals surface area (Å²) in [5, 5.41) is 11.9. The van der Waals surface area contributed by atoms with Gasteiger partial charge in [-0.05, 0) is 18.6 Å². The number of aliphatic hydroxyl groups is 1. The van der Waals surface area contributed by atoms with Crippen molar-refractivity contribution in [2.75, 3.05) is 17.6 Å². The van der Waals surface area contributed by atoms with Crippen LogP contribution in [0.1, 0.15) is 5.56 Å². The van der Waals surface area contributed by atoms with E-state index in [2.05, 4.69) is 10.3 Å². The number of nitrogens with two attached hydrogens (primary N) is 2. The first-order valence-corrected chi connectivity index (χ1v) is 4.44. The van der Waals surface area contributed by atoms with Crippen molar-refractivity contribution in [3.05, 3.63) is 17.8 Å². The molecule has 1 heterocycles. The molecule has 0 bridgehead atoms. The van der Waals surface area contributed by atoms with E-state index < -0.39 is 12.0 Å². The van der Waals surface area contributed by atoms with Crippen LogP contribution in [0.2, 0.25) is 0 Å². The van der Waals surface area contributed by atoms with E-state index in [1.807, 2.05) is 6.92 Å². The molecule has 15 heavy (non-hydrogen) atoms. The van der Waals surface area contributed by atoms with Crippen LogP contribution < -0.4 is 16.8 Å². The predicted molar refractivity (Wildman–Crippen MR) is 57.1 cm³/mol. The molecule has 0 aliphatic rings. The molecule has 0 spiro atoms. The summed E-state index contributed by atoms with van der Waals surface area (Å²) >= 11 is 0. The maximum atomic E-state index is 10.5. The molecule has 1 unspecified atom stereocenters. The van der Waals surface area contributed by atoms with Gasteiger partial charge in [0.25, 0.3) is 0 Å². The van der Waals surface area contributed by atoms with Crippen molar-refractivity contribution in [3.63, 3.8) is 0 Å². The number of nitrogens with one attached hydrogen (secondary N) is 1. The Morgan fingerprint density at radius 1 is 1.73 bits per heavy atom. The minimum atomic E-state index is -1.24. The van der Waals surface area contributed by atoms with Gasteiger partial charge in [0.05, 0.1) is 12.2 Å². The second-order valence-electron chi connectivity index (χ2n) is 3.25. The van der Waals surface area contributed by atoms with Gasteiger partial charge in [-0.2, -0.15) is 0 Å². The number of aliphatic hydroxyl groups excluding tert-OH is 1. The number of hydrogen-bond acceptors (Lipinski definition) is 5. The van der Waals surface area contributed by atoms with Gasteiger partial charge >= 0.3 is 0 Å². The van der Waals surface area contributed by atoms with Crippen LogP contribution in [0.15, 0.2) is 12.3 Å². The lowest BCUT2D eigenvalue weighted by molar-refractivity contribution is -0.125. The summed E-state index contributed by atoms with van der Waals surface area (Å²) in [7, 11) is 0. The molecule has 6 nitrogen and oxygen atoms in total. The molecule has 0 saturated carbocycles. The molecule has 0 aliphatic heterocycles. The van der Waals surface area contributed by atoms with Gasteiger partial charge in [0, 0.05) is 6.20 Å². The molecule has 0 radical (unpaired) electrons. The van der Waals surface area contributed by atoms with Crippen LogP contribution in [-0.4, -0.2) is 28.6 Å². The highest BCUT2D eigenvalue weighted by Crippen LogP contribution is 2.15. The van der Waals surface area contributed by atoms with E-state index in [-0.39, 0.29) is 6.54 Å². The van der Waals surface area contributed by atoms with E-state index in [9.17, 15) is 4.79 Å². The first-order chi connectivity index (χ1) is 7.00. The molecular formula is C9H14N4O2. The van der Waals surface area contributed by atoms with Crippen molar-refractivity contribution < 1.29 is 9.90 Å². The Morgan fingerprint density at radius 3 is 2.93 bits per heavy atom. The number of hydrogen-bond donors (Lipinski definition) is 4. The molecule has 1 rings (SSSR count). The maximum Gasteiger partial charge on any atom is 0.248 e. The fourth-order valence-electron chi connectivity index (χ4n) is 1.03. The van der Waals surface area contributed by atoms with Crippen LogP contribution in [0, 0.1) is 6.92 Å². The molecule has 6 heteroatoms. The van der Waals surface area contributed by atoms with E-state index in [1.165, 1.54) is 0 Å². The van der Waals surface area contributed by atoms with E-state index >= 15 is 0 Å². The molecule has 6 N–H and O–H groups in total. The Morgan fingerprint density at radius 2 is 2.40 bits per heavy atom. The molecule has 1 amide bonds. The number of primary amides is 1. The quantitative estimate of drug-likeness (QED) is 0.521. The Kier molecular flexibility index (Phi) is 3.46. The Hall–Kier alpha value is -1.82. The van der Waals surface area contributed by atoms with E-state index in [0.717, 1.165) is 5.56 Å². The van der Waals surface area contributed by atoms with Gasteiger partial charge in [-0.15, -0.1) is 0 Å². The molecule has 0 aliphatic carbocycles. The van der Waals surface area contributed by atoms with E-state index in [0.29, 0.717) is 11.5 Å². The van der Waals surface area contributed by atoms with Gasteiger partial charge in [0.1, 0.15) is 11.9 Å². The van der Waals surface area contributed by atoms with Gasteiger partial charge < -0.3 is 21.9 Å². The van der Waals surface area contributed by atoms with Crippen molar-refractivity contribution in [2.45, 2.75) is 13.0 Å². The number of rotatable bonds is 4. The summed E-state index contributed by atoms with van der Waals surface area (Å²) in [4.78, 5) is 14.5. The van der Waals surface area contributed by atoms with Crippen LogP contribution in [0.3, 0.4) is 0 Å². The van der Waals surface area contributed by atoms with E-state index in [4.69, 9.17) is 16.6 Å². The normalized spacial score (nSPS) is 12.1. The highest BCUT2D eigenvalue weighted by atomic mass is 16.3. The smallest absolute Gasteiger partial charge is 0.248 e. The third kappa shape index (κ3) is 3.10. The lowest BCUT2D eigenvalue weighted by atomic mass is 10.3. The van der Waals surface area contributed by atoms with Crippen LogP contribution in [0.25, 0.3) is 0 Å². The average Bonchev–Trinajstić information content (AvgIpc) is 2.15. The molecule has 1 atom stereocenters. The number of aromatic nitrogens is 1. The SMILES string of the molecule is Cc1cnc(NCC(O)C(N)=O)c(N)c1. The van der Waals surface area contributed by atoms with E-state index in [1.54, 1.807) is 12.3 Å². The van der Waals surface area contributed by atoms with Crippen molar-refractivity contribution >= 4 is 17.4 Å². The van der Waals surface area contributed by atoms with Crippen molar-refractivity contribution in [1.29, 1.82) is 0 Å². The maximum absolute atomic E-state index is 10.5. The number of anilines is 2. The highest BCUT2D eigenvalue weighted by Gasteiger charge is 2.11. The summed E-state index contributed by atoms with van der Waals surface area (Å²) in [5.74, 6) is -0.353. The Balaban J connectivity index is 2.62. The Labute approximate surface area is 87.3 Å². The summed E-state index contributed by atoms with van der Waals surface area (Å²) in [6.45, 7) is 1.86. The first kappa shape index (κ1) is 11.3. The van der Waals surface area contributed by atoms with Crippen molar-refractivity contribution in [3.8, 4) is 0 Å². The summed E-state index contributed by atoms with van der Waals surface area (Å²) in [5.41, 5.74) is 11.9. The molecule has 0 saturated heterocycles. The monoisotopic (exact) mass is 210 g/mol. The van der Waals surface area contributed by atoms with Gasteiger partial charge in [0.15, 0.2) is 0 Å². The third-order valence-corrected chi connectivity index (χ3v) is 1.85. The number of nitrogens with zero attached hydrogens (tertiary/aromatic N) is 1. The molecular weight excluding hydrogens is 196 g/mol. The minimum absolute atomic E-state index is 0.00437. The standard InChI is InChI=1S/C9H14N4O2/c1-5-2-6(10)9(12-3-5)13-4-7(14)8(11)15/h2-3,7,14H,4,10H2,1H3,(H2,11,15)(H,12,13). The molecule has 82 valence electrons. The fourth-order valence-corrected chi connectivity index (χ4v) is 1.03. The van der Waals surface area contributed by atoms with Gasteiger partial charge in [-0.3, -0.25) is 4.79 Å². The molecule has 1 aromatic heterocycles. The fraction of sp³-hybridized carbons (Fsp3) is 0.333. The number of carbonyl (C=O) groups is 1. The minimum Gasteiger partial charge on any atom is -0.396 e. The van der Waals surface area contributed by atoms with Gasteiger partial charge in [-0.1, -0.05) is 0 Å². The topological polar surface area (TPSA) is 114 Å². The zero-order chi connectivity index (χ0) is 11.4. The third-order valence-electron chi connectivity index (χ3n) is 1.85. The molecule has 0 fully saturated rings.